The number of aliphatic hydroxyl groups excluding tert-OH is 1. The number of aliphatic hydroxyl groups is 1. The molecule has 0 aliphatic rings. The van der Waals surface area contributed by atoms with Crippen LogP contribution in [0.25, 0.3) is 0 Å². The highest BCUT2D eigenvalue weighted by molar-refractivity contribution is 7.99. The number of rotatable bonds is 6. The van der Waals surface area contributed by atoms with Crippen LogP contribution in [-0.4, -0.2) is 37.7 Å². The van der Waals surface area contributed by atoms with Crippen molar-refractivity contribution >= 4 is 21.8 Å². The molecule has 0 radical (unpaired) electrons. The molecule has 4 nitrogen and oxygen atoms in total. The highest BCUT2D eigenvalue weighted by Crippen LogP contribution is 2.16. The summed E-state index contributed by atoms with van der Waals surface area (Å²) in [6.45, 7) is 1.37. The maximum Gasteiger partial charge on any atom is 0.241 e. The Bertz CT molecular complexity index is 512. The topological polar surface area (TPSA) is 66.4 Å². The van der Waals surface area contributed by atoms with Gasteiger partial charge in [0.15, 0.2) is 0 Å². The van der Waals surface area contributed by atoms with Crippen LogP contribution < -0.4 is 4.72 Å². The van der Waals surface area contributed by atoms with Gasteiger partial charge in [-0.3, -0.25) is 0 Å². The van der Waals surface area contributed by atoms with Gasteiger partial charge < -0.3 is 5.11 Å². The predicted octanol–water partition coefficient (Wildman–Crippen LogP) is 1.36. The summed E-state index contributed by atoms with van der Waals surface area (Å²) in [5, 5.41) is 8.74. The third kappa shape index (κ3) is 4.41. The minimum atomic E-state index is -4.02. The number of sulfonamides is 1. The van der Waals surface area contributed by atoms with Crippen molar-refractivity contribution in [1.82, 2.24) is 4.72 Å². The molecule has 0 aliphatic heterocycles. The van der Waals surface area contributed by atoms with Gasteiger partial charge in [-0.25, -0.2) is 21.9 Å². The molecule has 0 saturated carbocycles. The first kappa shape index (κ1) is 16.4. The lowest BCUT2D eigenvalue weighted by atomic mass is 10.3. The maximum absolute atomic E-state index is 13.0. The number of benzene rings is 1. The normalized spacial score (nSPS) is 15.2. The largest absolute Gasteiger partial charge is 0.395 e. The summed E-state index contributed by atoms with van der Waals surface area (Å²) in [5.41, 5.74) is 0. The van der Waals surface area contributed by atoms with Gasteiger partial charge in [0.1, 0.15) is 11.6 Å². The van der Waals surface area contributed by atoms with E-state index < -0.39 is 32.6 Å². The van der Waals surface area contributed by atoms with Crippen molar-refractivity contribution in [2.45, 2.75) is 23.1 Å². The van der Waals surface area contributed by atoms with Crippen molar-refractivity contribution < 1.29 is 22.3 Å². The molecule has 108 valence electrons. The maximum atomic E-state index is 13.0. The molecule has 0 spiro atoms. The molecule has 8 heteroatoms. The fraction of sp³-hybridized carbons (Fsp3) is 0.455. The van der Waals surface area contributed by atoms with Gasteiger partial charge in [0.2, 0.25) is 10.0 Å². The molecular weight excluding hydrogens is 296 g/mol. The molecule has 0 bridgehead atoms. The number of nitrogens with one attached hydrogen (secondary N) is 1. The Balaban J connectivity index is 2.98. The fourth-order valence-corrected chi connectivity index (χ4v) is 3.55. The molecular formula is C11H15F2NO3S2. The van der Waals surface area contributed by atoms with Gasteiger partial charge in [0.05, 0.1) is 11.5 Å². The van der Waals surface area contributed by atoms with Crippen molar-refractivity contribution in [2.24, 2.45) is 0 Å². The lowest BCUT2D eigenvalue weighted by Crippen LogP contribution is -2.41. The molecule has 0 fully saturated rings. The van der Waals surface area contributed by atoms with E-state index in [0.29, 0.717) is 6.07 Å². The zero-order valence-electron chi connectivity index (χ0n) is 10.4. The lowest BCUT2D eigenvalue weighted by molar-refractivity contribution is 0.282. The predicted molar refractivity (Wildman–Crippen MR) is 70.5 cm³/mol. The zero-order chi connectivity index (χ0) is 14.6. The first-order valence-corrected chi connectivity index (χ1v) is 8.19. The van der Waals surface area contributed by atoms with Crippen LogP contribution in [0.2, 0.25) is 0 Å². The quantitative estimate of drug-likeness (QED) is 0.832. The summed E-state index contributed by atoms with van der Waals surface area (Å²) in [4.78, 5) is -0.477. The molecule has 0 amide bonds. The van der Waals surface area contributed by atoms with Crippen molar-refractivity contribution in [1.29, 1.82) is 0 Å². The molecule has 0 aliphatic carbocycles. The minimum Gasteiger partial charge on any atom is -0.395 e. The molecule has 2 unspecified atom stereocenters. The van der Waals surface area contributed by atoms with Crippen molar-refractivity contribution in [2.75, 3.05) is 12.9 Å². The SMILES string of the molecule is CSC(CO)C(C)NS(=O)(=O)c1cc(F)cc(F)c1. The van der Waals surface area contributed by atoms with Crippen LogP contribution in [0.1, 0.15) is 6.92 Å². The summed E-state index contributed by atoms with van der Waals surface area (Å²) in [6.07, 6.45) is 1.73. The van der Waals surface area contributed by atoms with Gasteiger partial charge in [-0.05, 0) is 25.3 Å². The van der Waals surface area contributed by atoms with E-state index in [0.717, 1.165) is 12.1 Å². The number of halogens is 2. The minimum absolute atomic E-state index is 0.206. The van der Waals surface area contributed by atoms with E-state index in [2.05, 4.69) is 4.72 Å². The lowest BCUT2D eigenvalue weighted by Gasteiger charge is -2.21. The Morgan fingerprint density at radius 3 is 2.26 bits per heavy atom. The van der Waals surface area contributed by atoms with Gasteiger partial charge in [-0.2, -0.15) is 11.8 Å². The molecule has 1 rings (SSSR count). The Kier molecular flexibility index (Phi) is 5.72. The molecule has 19 heavy (non-hydrogen) atoms. The Hall–Kier alpha value is -0.700. The van der Waals surface area contributed by atoms with E-state index in [4.69, 9.17) is 5.11 Å². The van der Waals surface area contributed by atoms with Gasteiger partial charge in [0, 0.05) is 17.4 Å². The van der Waals surface area contributed by atoms with Crippen LogP contribution in [0.15, 0.2) is 23.1 Å². The molecule has 1 aromatic carbocycles. The molecule has 0 heterocycles. The van der Waals surface area contributed by atoms with Crippen LogP contribution in [0.3, 0.4) is 0 Å². The summed E-state index contributed by atoms with van der Waals surface area (Å²) in [5.74, 6) is -1.92. The first-order chi connectivity index (χ1) is 8.80. The van der Waals surface area contributed by atoms with Gasteiger partial charge in [0.25, 0.3) is 0 Å². The van der Waals surface area contributed by atoms with Crippen molar-refractivity contribution in [3.05, 3.63) is 29.8 Å². The monoisotopic (exact) mass is 311 g/mol. The highest BCUT2D eigenvalue weighted by Gasteiger charge is 2.23. The molecule has 0 aromatic heterocycles. The average molecular weight is 311 g/mol. The molecule has 0 saturated heterocycles. The summed E-state index contributed by atoms with van der Waals surface area (Å²) >= 11 is 1.30. The second kappa shape index (κ2) is 6.65. The molecule has 1 aromatic rings. The van der Waals surface area contributed by atoms with Crippen LogP contribution in [0.5, 0.6) is 0 Å². The smallest absolute Gasteiger partial charge is 0.241 e. The van der Waals surface area contributed by atoms with Crippen molar-refractivity contribution in [3.63, 3.8) is 0 Å². The van der Waals surface area contributed by atoms with Gasteiger partial charge >= 0.3 is 0 Å². The second-order valence-corrected chi connectivity index (χ2v) is 6.76. The third-order valence-corrected chi connectivity index (χ3v) is 5.23. The van der Waals surface area contributed by atoms with E-state index in [9.17, 15) is 17.2 Å². The van der Waals surface area contributed by atoms with E-state index >= 15 is 0 Å². The summed E-state index contributed by atoms with van der Waals surface area (Å²) in [7, 11) is -4.02. The number of hydrogen-bond donors (Lipinski definition) is 2. The zero-order valence-corrected chi connectivity index (χ0v) is 12.1. The number of hydrogen-bond acceptors (Lipinski definition) is 4. The Morgan fingerprint density at radius 2 is 1.84 bits per heavy atom. The molecule has 2 N–H and O–H groups in total. The highest BCUT2D eigenvalue weighted by atomic mass is 32.2. The van der Waals surface area contributed by atoms with Crippen LogP contribution in [0, 0.1) is 11.6 Å². The van der Waals surface area contributed by atoms with Crippen LogP contribution in [-0.2, 0) is 10.0 Å². The second-order valence-electron chi connectivity index (χ2n) is 3.97. The Labute approximate surface area is 115 Å². The van der Waals surface area contributed by atoms with Crippen molar-refractivity contribution in [3.8, 4) is 0 Å². The Morgan fingerprint density at radius 1 is 1.32 bits per heavy atom. The standard InChI is InChI=1S/C11H15F2NO3S2/c1-7(11(6-15)18-2)14-19(16,17)10-4-8(12)3-9(13)5-10/h3-5,7,11,14-15H,6H2,1-2H3. The van der Waals surface area contributed by atoms with E-state index in [-0.39, 0.29) is 11.9 Å². The molecule has 2 atom stereocenters. The average Bonchev–Trinajstić information content (AvgIpc) is 2.28. The van der Waals surface area contributed by atoms with Gasteiger partial charge in [-0.1, -0.05) is 0 Å². The summed E-state index contributed by atoms with van der Waals surface area (Å²) < 4.78 is 52.2. The fourth-order valence-electron chi connectivity index (χ4n) is 1.51. The van der Waals surface area contributed by atoms with E-state index in [1.54, 1.807) is 13.2 Å². The third-order valence-electron chi connectivity index (χ3n) is 2.53. The number of thioether (sulfide) groups is 1. The van der Waals surface area contributed by atoms with E-state index in [1.165, 1.54) is 11.8 Å². The van der Waals surface area contributed by atoms with Gasteiger partial charge in [-0.15, -0.1) is 0 Å². The van der Waals surface area contributed by atoms with Crippen LogP contribution >= 0.6 is 11.8 Å². The van der Waals surface area contributed by atoms with Crippen LogP contribution in [0.4, 0.5) is 8.78 Å². The first-order valence-electron chi connectivity index (χ1n) is 5.42. The summed E-state index contributed by atoms with van der Waals surface area (Å²) in [6, 6.07) is 1.51. The van der Waals surface area contributed by atoms with E-state index in [1.807, 2.05) is 0 Å².